The fraction of sp³-hybridized carbons (Fsp3) is 0.188. The van der Waals surface area contributed by atoms with Crippen molar-refractivity contribution in [2.45, 2.75) is 6.42 Å². The average Bonchev–Trinajstić information content (AvgIpc) is 2.93. The molecule has 1 heterocycles. The lowest BCUT2D eigenvalue weighted by molar-refractivity contribution is -0.120. The molecule has 114 valence electrons. The van der Waals surface area contributed by atoms with Gasteiger partial charge in [0.05, 0.1) is 11.9 Å². The third-order valence-corrected chi connectivity index (χ3v) is 3.04. The maximum Gasteiger partial charge on any atom is 0.251 e. The van der Waals surface area contributed by atoms with E-state index in [1.807, 2.05) is 36.0 Å². The zero-order valence-corrected chi connectivity index (χ0v) is 12.3. The molecule has 0 saturated carbocycles. The predicted octanol–water partition coefficient (Wildman–Crippen LogP) is 1.30. The molecule has 0 fully saturated rings. The lowest BCUT2D eigenvalue weighted by atomic mass is 10.2. The normalized spacial score (nSPS) is 10.6. The van der Waals surface area contributed by atoms with E-state index in [1.54, 1.807) is 30.5 Å². The van der Waals surface area contributed by atoms with E-state index in [0.717, 1.165) is 5.69 Å². The van der Waals surface area contributed by atoms with Crippen molar-refractivity contribution in [3.63, 3.8) is 0 Å². The summed E-state index contributed by atoms with van der Waals surface area (Å²) in [7, 11) is 1.89. The number of hydrogen-bond acceptors (Lipinski definition) is 3. The fourth-order valence-electron chi connectivity index (χ4n) is 1.82. The molecule has 0 atom stereocenters. The molecule has 0 saturated heterocycles. The monoisotopic (exact) mass is 298 g/mol. The van der Waals surface area contributed by atoms with Gasteiger partial charge in [-0.1, -0.05) is 18.2 Å². The molecule has 2 rings (SSSR count). The second-order valence-electron chi connectivity index (χ2n) is 4.71. The van der Waals surface area contributed by atoms with Crippen LogP contribution in [0.25, 0.3) is 0 Å². The van der Waals surface area contributed by atoms with Crippen molar-refractivity contribution < 1.29 is 9.59 Å². The highest BCUT2D eigenvalue weighted by Gasteiger charge is 2.05. The van der Waals surface area contributed by atoms with Gasteiger partial charge in [0.25, 0.3) is 5.91 Å². The predicted molar refractivity (Wildman–Crippen MR) is 84.5 cm³/mol. The molecular formula is C16H18N4O2. The minimum atomic E-state index is -0.251. The van der Waals surface area contributed by atoms with Crippen LogP contribution in [-0.2, 0) is 11.8 Å². The molecule has 0 aliphatic rings. The topological polar surface area (TPSA) is 75.5 Å². The first-order valence-corrected chi connectivity index (χ1v) is 6.93. The maximum absolute atomic E-state index is 11.8. The van der Waals surface area contributed by atoms with Crippen LogP contribution in [0.1, 0.15) is 22.5 Å². The van der Waals surface area contributed by atoms with Crippen molar-refractivity contribution in [1.82, 2.24) is 15.3 Å². The van der Waals surface area contributed by atoms with Gasteiger partial charge in [0.1, 0.15) is 0 Å². The van der Waals surface area contributed by atoms with E-state index in [4.69, 9.17) is 0 Å². The van der Waals surface area contributed by atoms with Gasteiger partial charge in [-0.25, -0.2) is 5.43 Å². The number of aromatic nitrogens is 1. The van der Waals surface area contributed by atoms with Crippen LogP contribution in [0.4, 0.5) is 0 Å². The summed E-state index contributed by atoms with van der Waals surface area (Å²) in [5.74, 6) is -0.445. The molecule has 0 radical (unpaired) electrons. The summed E-state index contributed by atoms with van der Waals surface area (Å²) in [6, 6.07) is 12.6. The Morgan fingerprint density at radius 2 is 1.95 bits per heavy atom. The summed E-state index contributed by atoms with van der Waals surface area (Å²) in [5, 5.41) is 6.56. The number of carbonyl (C=O) groups excluding carboxylic acids is 2. The van der Waals surface area contributed by atoms with E-state index >= 15 is 0 Å². The van der Waals surface area contributed by atoms with Crippen LogP contribution in [0.5, 0.6) is 0 Å². The highest BCUT2D eigenvalue weighted by Crippen LogP contribution is 1.97. The standard InChI is InChI=1S/C16H18N4O2/c1-20-11-5-8-14(20)12-18-19-15(21)9-10-17-16(22)13-6-3-2-4-7-13/h2-8,11-12H,9-10H2,1H3,(H,17,22)(H,19,21)/b18-12-. The fourth-order valence-corrected chi connectivity index (χ4v) is 1.82. The van der Waals surface area contributed by atoms with Crippen molar-refractivity contribution in [2.75, 3.05) is 6.54 Å². The van der Waals surface area contributed by atoms with E-state index in [2.05, 4.69) is 15.8 Å². The quantitative estimate of drug-likeness (QED) is 0.623. The molecule has 0 spiro atoms. The SMILES string of the molecule is Cn1cccc1/C=N\NC(=O)CCNC(=O)c1ccccc1. The Labute approximate surface area is 128 Å². The molecule has 0 unspecified atom stereocenters. The van der Waals surface area contributed by atoms with E-state index in [0.29, 0.717) is 5.56 Å². The number of benzene rings is 1. The van der Waals surface area contributed by atoms with E-state index < -0.39 is 0 Å². The Balaban J connectivity index is 1.69. The highest BCUT2D eigenvalue weighted by molar-refractivity contribution is 5.94. The Kier molecular flexibility index (Phi) is 5.48. The number of aryl methyl sites for hydroxylation is 1. The van der Waals surface area contributed by atoms with Crippen molar-refractivity contribution in [1.29, 1.82) is 0 Å². The number of hydrogen-bond donors (Lipinski definition) is 2. The van der Waals surface area contributed by atoms with Gasteiger partial charge in [-0.3, -0.25) is 9.59 Å². The van der Waals surface area contributed by atoms with Gasteiger partial charge < -0.3 is 9.88 Å². The number of amides is 2. The van der Waals surface area contributed by atoms with Crippen LogP contribution in [-0.4, -0.2) is 29.1 Å². The Bertz CT molecular complexity index is 662. The zero-order valence-electron chi connectivity index (χ0n) is 12.3. The second kappa shape index (κ2) is 7.78. The molecule has 2 N–H and O–H groups in total. The van der Waals surface area contributed by atoms with Gasteiger partial charge >= 0.3 is 0 Å². The first-order chi connectivity index (χ1) is 10.7. The summed E-state index contributed by atoms with van der Waals surface area (Å²) >= 11 is 0. The van der Waals surface area contributed by atoms with Crippen LogP contribution < -0.4 is 10.7 Å². The first kappa shape index (κ1) is 15.5. The van der Waals surface area contributed by atoms with Crippen molar-refractivity contribution in [2.24, 2.45) is 12.1 Å². The maximum atomic E-state index is 11.8. The molecular weight excluding hydrogens is 280 g/mol. The zero-order chi connectivity index (χ0) is 15.8. The smallest absolute Gasteiger partial charge is 0.251 e. The molecule has 6 heteroatoms. The largest absolute Gasteiger partial charge is 0.352 e. The van der Waals surface area contributed by atoms with Crippen molar-refractivity contribution >= 4 is 18.0 Å². The number of nitrogens with zero attached hydrogens (tertiary/aromatic N) is 2. The third-order valence-electron chi connectivity index (χ3n) is 3.04. The second-order valence-corrected chi connectivity index (χ2v) is 4.71. The van der Waals surface area contributed by atoms with E-state index in [1.165, 1.54) is 0 Å². The molecule has 22 heavy (non-hydrogen) atoms. The van der Waals surface area contributed by atoms with Crippen LogP contribution in [0.2, 0.25) is 0 Å². The van der Waals surface area contributed by atoms with Gasteiger partial charge in [-0.2, -0.15) is 5.10 Å². The molecule has 6 nitrogen and oxygen atoms in total. The van der Waals surface area contributed by atoms with Crippen molar-refractivity contribution in [3.05, 3.63) is 59.9 Å². The molecule has 2 amide bonds. The van der Waals surface area contributed by atoms with Crippen LogP contribution in [0.15, 0.2) is 53.8 Å². The van der Waals surface area contributed by atoms with Gasteiger partial charge in [-0.05, 0) is 24.3 Å². The summed E-state index contributed by atoms with van der Waals surface area (Å²) in [6.45, 7) is 0.263. The number of nitrogens with one attached hydrogen (secondary N) is 2. The van der Waals surface area contributed by atoms with Gasteiger partial charge in [0.15, 0.2) is 0 Å². The molecule has 1 aromatic carbocycles. The molecule has 1 aromatic heterocycles. The van der Waals surface area contributed by atoms with Crippen LogP contribution in [0.3, 0.4) is 0 Å². The molecule has 0 bridgehead atoms. The van der Waals surface area contributed by atoms with E-state index in [9.17, 15) is 9.59 Å². The highest BCUT2D eigenvalue weighted by atomic mass is 16.2. The number of rotatable bonds is 6. The van der Waals surface area contributed by atoms with Gasteiger partial charge in [-0.15, -0.1) is 0 Å². The molecule has 0 aliphatic heterocycles. The summed E-state index contributed by atoms with van der Waals surface area (Å²) in [5.41, 5.74) is 3.89. The Morgan fingerprint density at radius 1 is 1.18 bits per heavy atom. The number of hydrazone groups is 1. The molecule has 2 aromatic rings. The lowest BCUT2D eigenvalue weighted by Gasteiger charge is -2.04. The van der Waals surface area contributed by atoms with E-state index in [-0.39, 0.29) is 24.8 Å². The first-order valence-electron chi connectivity index (χ1n) is 6.93. The van der Waals surface area contributed by atoms with Crippen molar-refractivity contribution in [3.8, 4) is 0 Å². The summed E-state index contributed by atoms with van der Waals surface area (Å²) in [4.78, 5) is 23.3. The number of carbonyl (C=O) groups is 2. The van der Waals surface area contributed by atoms with Crippen LogP contribution in [0, 0.1) is 0 Å². The van der Waals surface area contributed by atoms with Gasteiger partial charge in [0, 0.05) is 31.8 Å². The minimum Gasteiger partial charge on any atom is -0.352 e. The summed E-state index contributed by atoms with van der Waals surface area (Å²) in [6.07, 6.45) is 3.63. The minimum absolute atomic E-state index is 0.170. The average molecular weight is 298 g/mol. The Morgan fingerprint density at radius 3 is 2.64 bits per heavy atom. The lowest BCUT2D eigenvalue weighted by Crippen LogP contribution is -2.29. The third kappa shape index (κ3) is 4.59. The Hall–Kier alpha value is -2.89. The van der Waals surface area contributed by atoms with Gasteiger partial charge in [0.2, 0.25) is 5.91 Å². The summed E-state index contributed by atoms with van der Waals surface area (Å²) < 4.78 is 1.88. The van der Waals surface area contributed by atoms with Crippen LogP contribution >= 0.6 is 0 Å². The molecule has 0 aliphatic carbocycles.